The highest BCUT2D eigenvalue weighted by Crippen LogP contribution is 2.33. The lowest BCUT2D eigenvalue weighted by Crippen LogP contribution is -2.30. The van der Waals surface area contributed by atoms with E-state index in [1.54, 1.807) is 11.3 Å². The highest BCUT2D eigenvalue weighted by atomic mass is 32.1. The quantitative estimate of drug-likeness (QED) is 0.879. The van der Waals surface area contributed by atoms with Crippen LogP contribution in [-0.2, 0) is 6.42 Å². The second-order valence-corrected chi connectivity index (χ2v) is 5.80. The number of hydrogen-bond donors (Lipinski definition) is 1. The van der Waals surface area contributed by atoms with Crippen molar-refractivity contribution in [2.24, 2.45) is 0 Å². The highest BCUT2D eigenvalue weighted by molar-refractivity contribution is 7.11. The lowest BCUT2D eigenvalue weighted by molar-refractivity contribution is 0.183. The first-order valence-electron chi connectivity index (χ1n) is 5.99. The van der Waals surface area contributed by atoms with Crippen LogP contribution < -0.4 is 0 Å². The van der Waals surface area contributed by atoms with E-state index in [0.29, 0.717) is 12.5 Å². The van der Waals surface area contributed by atoms with Gasteiger partial charge in [-0.25, -0.2) is 4.98 Å². The summed E-state index contributed by atoms with van der Waals surface area (Å²) in [4.78, 5) is 8.42. The molecule has 1 fully saturated rings. The van der Waals surface area contributed by atoms with E-state index in [2.05, 4.69) is 18.9 Å². The van der Waals surface area contributed by atoms with E-state index in [1.807, 2.05) is 0 Å². The Labute approximate surface area is 101 Å². The molecule has 1 aromatic heterocycles. The van der Waals surface area contributed by atoms with E-state index >= 15 is 0 Å². The van der Waals surface area contributed by atoms with Crippen LogP contribution in [0.3, 0.4) is 0 Å². The van der Waals surface area contributed by atoms with Gasteiger partial charge in [0.05, 0.1) is 16.7 Å². The fourth-order valence-electron chi connectivity index (χ4n) is 2.40. The molecule has 0 aromatic carbocycles. The summed E-state index contributed by atoms with van der Waals surface area (Å²) in [6, 6.07) is 0.498. The molecule has 0 aliphatic carbocycles. The van der Waals surface area contributed by atoms with Gasteiger partial charge in [-0.1, -0.05) is 6.42 Å². The van der Waals surface area contributed by atoms with E-state index in [9.17, 15) is 0 Å². The molecule has 3 nitrogen and oxygen atoms in total. The van der Waals surface area contributed by atoms with E-state index in [-0.39, 0.29) is 6.61 Å². The van der Waals surface area contributed by atoms with E-state index in [1.165, 1.54) is 36.4 Å². The van der Waals surface area contributed by atoms with Crippen LogP contribution >= 0.6 is 11.3 Å². The predicted molar refractivity (Wildman–Crippen MR) is 66.9 cm³/mol. The Kier molecular flexibility index (Phi) is 3.95. The molecule has 1 aliphatic heterocycles. The molecule has 0 amide bonds. The largest absolute Gasteiger partial charge is 0.396 e. The first-order valence-corrected chi connectivity index (χ1v) is 6.81. The summed E-state index contributed by atoms with van der Waals surface area (Å²) in [5, 5.41) is 10.0. The van der Waals surface area contributed by atoms with Crippen molar-refractivity contribution in [2.75, 3.05) is 20.2 Å². The van der Waals surface area contributed by atoms with Gasteiger partial charge in [0.25, 0.3) is 0 Å². The van der Waals surface area contributed by atoms with Crippen molar-refractivity contribution in [1.82, 2.24) is 9.88 Å². The Hall–Kier alpha value is -0.450. The van der Waals surface area contributed by atoms with Crippen molar-refractivity contribution in [3.63, 3.8) is 0 Å². The zero-order chi connectivity index (χ0) is 11.5. The minimum Gasteiger partial charge on any atom is -0.396 e. The van der Waals surface area contributed by atoms with E-state index < -0.39 is 0 Å². The molecule has 90 valence electrons. The molecule has 1 atom stereocenters. The van der Waals surface area contributed by atoms with Crippen LogP contribution in [0, 0.1) is 6.92 Å². The number of aryl methyl sites for hydroxylation is 1. The number of nitrogens with zero attached hydrogens (tertiary/aromatic N) is 2. The van der Waals surface area contributed by atoms with Crippen LogP contribution in [-0.4, -0.2) is 35.2 Å². The summed E-state index contributed by atoms with van der Waals surface area (Å²) >= 11 is 1.74. The summed E-state index contributed by atoms with van der Waals surface area (Å²) in [6.45, 7) is 3.53. The Morgan fingerprint density at radius 3 is 3.00 bits per heavy atom. The van der Waals surface area contributed by atoms with Gasteiger partial charge in [-0.15, -0.1) is 11.3 Å². The van der Waals surface area contributed by atoms with Crippen molar-refractivity contribution in [3.8, 4) is 0 Å². The Balaban J connectivity index is 2.18. The zero-order valence-corrected chi connectivity index (χ0v) is 10.9. The van der Waals surface area contributed by atoms with Gasteiger partial charge in [0.2, 0.25) is 0 Å². The average molecular weight is 240 g/mol. The maximum atomic E-state index is 8.94. The minimum atomic E-state index is 0.201. The fourth-order valence-corrected chi connectivity index (χ4v) is 3.37. The van der Waals surface area contributed by atoms with Crippen LogP contribution in [0.15, 0.2) is 0 Å². The topological polar surface area (TPSA) is 36.4 Å². The number of aromatic nitrogens is 1. The normalized spacial score (nSPS) is 22.6. The van der Waals surface area contributed by atoms with Crippen molar-refractivity contribution < 1.29 is 5.11 Å². The van der Waals surface area contributed by atoms with Crippen LogP contribution in [0.5, 0.6) is 0 Å². The number of hydrogen-bond acceptors (Lipinski definition) is 4. The minimum absolute atomic E-state index is 0.201. The number of aliphatic hydroxyl groups is 1. The molecule has 2 rings (SSSR count). The van der Waals surface area contributed by atoms with Crippen LogP contribution in [0.1, 0.15) is 40.9 Å². The molecule has 1 aliphatic rings. The number of aliphatic hydroxyl groups excluding tert-OH is 1. The summed E-state index contributed by atoms with van der Waals surface area (Å²) < 4.78 is 0. The average Bonchev–Trinajstić information content (AvgIpc) is 2.61. The zero-order valence-electron chi connectivity index (χ0n) is 10.1. The van der Waals surface area contributed by atoms with E-state index in [0.717, 1.165) is 5.01 Å². The lowest BCUT2D eigenvalue weighted by Gasteiger charge is -2.31. The highest BCUT2D eigenvalue weighted by Gasteiger charge is 2.24. The first-order chi connectivity index (χ1) is 7.72. The molecular weight excluding hydrogens is 220 g/mol. The van der Waals surface area contributed by atoms with Crippen molar-refractivity contribution in [2.45, 2.75) is 38.6 Å². The van der Waals surface area contributed by atoms with E-state index in [4.69, 9.17) is 10.1 Å². The molecule has 1 unspecified atom stereocenters. The van der Waals surface area contributed by atoms with Crippen molar-refractivity contribution in [3.05, 3.63) is 15.6 Å². The smallest absolute Gasteiger partial charge is 0.0954 e. The molecule has 1 saturated heterocycles. The predicted octanol–water partition coefficient (Wildman–Crippen LogP) is 2.14. The molecule has 0 bridgehead atoms. The van der Waals surface area contributed by atoms with Gasteiger partial charge >= 0.3 is 0 Å². The second-order valence-electron chi connectivity index (χ2n) is 4.51. The Morgan fingerprint density at radius 1 is 1.50 bits per heavy atom. The summed E-state index contributed by atoms with van der Waals surface area (Å²) in [7, 11) is 2.19. The third-order valence-electron chi connectivity index (χ3n) is 3.29. The molecule has 1 aromatic rings. The van der Waals surface area contributed by atoms with Gasteiger partial charge in [0.15, 0.2) is 0 Å². The molecule has 0 radical (unpaired) electrons. The van der Waals surface area contributed by atoms with Crippen LogP contribution in [0.4, 0.5) is 0 Å². The van der Waals surface area contributed by atoms with Gasteiger partial charge < -0.3 is 5.11 Å². The Bertz CT molecular complexity index is 351. The van der Waals surface area contributed by atoms with Crippen LogP contribution in [0.25, 0.3) is 0 Å². The maximum absolute atomic E-state index is 8.94. The number of thiazole rings is 1. The lowest BCUT2D eigenvalue weighted by atomic mass is 10.00. The van der Waals surface area contributed by atoms with Gasteiger partial charge in [-0.2, -0.15) is 0 Å². The molecule has 1 N–H and O–H groups in total. The molecule has 4 heteroatoms. The van der Waals surface area contributed by atoms with Crippen LogP contribution in [0.2, 0.25) is 0 Å². The molecule has 0 saturated carbocycles. The molecule has 0 spiro atoms. The maximum Gasteiger partial charge on any atom is 0.0954 e. The SMILES string of the molecule is Cc1sc(CCO)nc1C1CCCCN1C. The fraction of sp³-hybridized carbons (Fsp3) is 0.750. The third-order valence-corrected chi connectivity index (χ3v) is 4.33. The van der Waals surface area contributed by atoms with Gasteiger partial charge in [-0.05, 0) is 33.4 Å². The first kappa shape index (κ1) is 12.0. The third kappa shape index (κ3) is 2.44. The summed E-state index contributed by atoms with van der Waals surface area (Å²) in [6.07, 6.45) is 4.53. The van der Waals surface area contributed by atoms with Crippen molar-refractivity contribution >= 4 is 11.3 Å². The van der Waals surface area contributed by atoms with Crippen molar-refractivity contribution in [1.29, 1.82) is 0 Å². The Morgan fingerprint density at radius 2 is 2.31 bits per heavy atom. The standard InChI is InChI=1S/C12H20N2OS/c1-9-12(13-11(16-9)6-8-15)10-5-3-4-7-14(10)2/h10,15H,3-8H2,1-2H3. The molecule has 16 heavy (non-hydrogen) atoms. The second kappa shape index (κ2) is 5.25. The number of rotatable bonds is 3. The number of piperidine rings is 1. The summed E-state index contributed by atoms with van der Waals surface area (Å²) in [5.74, 6) is 0. The number of likely N-dealkylation sites (tertiary alicyclic amines) is 1. The molecule has 2 heterocycles. The van der Waals surface area contributed by atoms with Gasteiger partial charge in [-0.3, -0.25) is 4.90 Å². The van der Waals surface area contributed by atoms with Gasteiger partial charge in [0.1, 0.15) is 0 Å². The van der Waals surface area contributed by atoms with Gasteiger partial charge in [0, 0.05) is 17.9 Å². The monoisotopic (exact) mass is 240 g/mol. The summed E-state index contributed by atoms with van der Waals surface area (Å²) in [5.41, 5.74) is 1.25. The molecular formula is C12H20N2OS.